The summed E-state index contributed by atoms with van der Waals surface area (Å²) in [5.41, 5.74) is -0.121. The van der Waals surface area contributed by atoms with Crippen molar-refractivity contribution in [1.29, 1.82) is 0 Å². The van der Waals surface area contributed by atoms with Crippen molar-refractivity contribution >= 4 is 51.6 Å². The van der Waals surface area contributed by atoms with Crippen molar-refractivity contribution in [2.24, 2.45) is 0 Å². The molecule has 6 nitrogen and oxygen atoms in total. The van der Waals surface area contributed by atoms with Gasteiger partial charge in [-0.05, 0) is 30.3 Å². The van der Waals surface area contributed by atoms with Crippen LogP contribution in [0.5, 0.6) is 11.6 Å². The van der Waals surface area contributed by atoms with Gasteiger partial charge in [0.05, 0.1) is 22.5 Å². The summed E-state index contributed by atoms with van der Waals surface area (Å²) in [7, 11) is 0. The van der Waals surface area contributed by atoms with Gasteiger partial charge in [0.1, 0.15) is 11.6 Å². The number of ether oxygens (including phenoxy) is 1. The third-order valence-corrected chi connectivity index (χ3v) is 5.10. The first kappa shape index (κ1) is 21.5. The largest absolute Gasteiger partial charge is 0.438 e. The molecule has 1 heterocycles. The monoisotopic (exact) mass is 469 g/mol. The Labute approximate surface area is 191 Å². The lowest BCUT2D eigenvalue weighted by Gasteiger charge is -2.11. The Morgan fingerprint density at radius 1 is 0.875 bits per heavy atom. The number of hydrogen-bond donors (Lipinski definition) is 2. The fraction of sp³-hybridized carbons (Fsp3) is 0. The van der Waals surface area contributed by atoms with Crippen LogP contribution in [0.15, 0.2) is 72.9 Å². The lowest BCUT2D eigenvalue weighted by Crippen LogP contribution is -2.35. The third kappa shape index (κ3) is 4.64. The van der Waals surface area contributed by atoms with Gasteiger partial charge < -0.3 is 10.1 Å². The number of aromatic nitrogens is 1. The van der Waals surface area contributed by atoms with Gasteiger partial charge in [-0.25, -0.2) is 14.2 Å². The molecule has 0 atom stereocenters. The quantitative estimate of drug-likeness (QED) is 0.360. The zero-order valence-corrected chi connectivity index (χ0v) is 17.7. The predicted octanol–water partition coefficient (Wildman–Crippen LogP) is 6.43. The Hall–Kier alpha value is -3.68. The summed E-state index contributed by atoms with van der Waals surface area (Å²) in [6, 6.07) is 17.0. The number of rotatable bonds is 4. The lowest BCUT2D eigenvalue weighted by atomic mass is 10.1. The average molecular weight is 470 g/mol. The molecule has 9 heteroatoms. The number of nitrogens with one attached hydrogen (secondary N) is 2. The molecule has 0 radical (unpaired) electrons. The van der Waals surface area contributed by atoms with E-state index in [0.29, 0.717) is 16.5 Å². The highest BCUT2D eigenvalue weighted by Gasteiger charge is 2.18. The Morgan fingerprint density at radius 2 is 1.66 bits per heavy atom. The van der Waals surface area contributed by atoms with E-state index in [1.54, 1.807) is 24.3 Å². The molecule has 0 unspecified atom stereocenters. The number of halogens is 3. The Bertz CT molecular complexity index is 1310. The Morgan fingerprint density at radius 3 is 2.38 bits per heavy atom. The number of hydrogen-bond acceptors (Lipinski definition) is 4. The van der Waals surface area contributed by atoms with E-state index in [-0.39, 0.29) is 10.9 Å². The summed E-state index contributed by atoms with van der Waals surface area (Å²) in [5, 5.41) is 6.64. The number of amides is 3. The number of urea groups is 1. The fourth-order valence-corrected chi connectivity index (χ4v) is 3.47. The molecule has 3 aromatic carbocycles. The molecule has 0 bridgehead atoms. The van der Waals surface area contributed by atoms with Crippen LogP contribution in [0.25, 0.3) is 10.8 Å². The van der Waals surface area contributed by atoms with E-state index in [2.05, 4.69) is 10.3 Å². The van der Waals surface area contributed by atoms with Crippen LogP contribution in [0.3, 0.4) is 0 Å². The van der Waals surface area contributed by atoms with Crippen LogP contribution in [0.1, 0.15) is 10.4 Å². The molecule has 32 heavy (non-hydrogen) atoms. The molecule has 0 aliphatic heterocycles. The highest BCUT2D eigenvalue weighted by molar-refractivity contribution is 6.35. The van der Waals surface area contributed by atoms with E-state index in [9.17, 15) is 14.0 Å². The second kappa shape index (κ2) is 9.21. The fourth-order valence-electron chi connectivity index (χ4n) is 2.99. The molecule has 0 saturated heterocycles. The number of fused-ring (bicyclic) bond motifs is 1. The third-order valence-electron chi connectivity index (χ3n) is 4.46. The first-order chi connectivity index (χ1) is 15.4. The van der Waals surface area contributed by atoms with Gasteiger partial charge in [-0.15, -0.1) is 0 Å². The number of benzene rings is 3. The van der Waals surface area contributed by atoms with Crippen LogP contribution in [-0.2, 0) is 0 Å². The molecule has 0 aliphatic rings. The van der Waals surface area contributed by atoms with Crippen molar-refractivity contribution in [3.8, 4) is 11.6 Å². The minimum atomic E-state index is -0.965. The van der Waals surface area contributed by atoms with Crippen LogP contribution in [0.4, 0.5) is 14.9 Å². The van der Waals surface area contributed by atoms with Crippen LogP contribution >= 0.6 is 23.2 Å². The van der Waals surface area contributed by atoms with Gasteiger partial charge in [-0.1, -0.05) is 53.5 Å². The van der Waals surface area contributed by atoms with Crippen molar-refractivity contribution in [1.82, 2.24) is 10.3 Å². The number of pyridine rings is 1. The van der Waals surface area contributed by atoms with Crippen LogP contribution in [0, 0.1) is 5.82 Å². The van der Waals surface area contributed by atoms with E-state index in [0.717, 1.165) is 16.8 Å². The first-order valence-electron chi connectivity index (χ1n) is 9.30. The van der Waals surface area contributed by atoms with Gasteiger partial charge in [0.25, 0.3) is 5.91 Å². The van der Waals surface area contributed by atoms with Crippen molar-refractivity contribution in [3.63, 3.8) is 0 Å². The molecule has 4 aromatic rings. The molecule has 160 valence electrons. The van der Waals surface area contributed by atoms with E-state index < -0.39 is 23.3 Å². The van der Waals surface area contributed by atoms with Crippen LogP contribution < -0.4 is 15.4 Å². The molecule has 0 fully saturated rings. The standard InChI is InChI=1S/C23H14Cl2FN3O3/c24-16-9-10-19(15-5-2-1-4-14(15)16)32-20-11-8-13(12-27-20)28-23(31)29-22(30)21-17(25)6-3-7-18(21)26/h1-12H,(H2,28,29,30,31). The zero-order chi connectivity index (χ0) is 22.7. The Balaban J connectivity index is 1.43. The molecule has 0 saturated carbocycles. The summed E-state index contributed by atoms with van der Waals surface area (Å²) in [6.07, 6.45) is 1.35. The molecule has 3 amide bonds. The summed E-state index contributed by atoms with van der Waals surface area (Å²) in [4.78, 5) is 28.4. The first-order valence-corrected chi connectivity index (χ1v) is 10.1. The normalized spacial score (nSPS) is 10.6. The topological polar surface area (TPSA) is 80.3 Å². The van der Waals surface area contributed by atoms with E-state index in [1.165, 1.54) is 18.3 Å². The highest BCUT2D eigenvalue weighted by Crippen LogP contribution is 2.33. The smallest absolute Gasteiger partial charge is 0.326 e. The minimum absolute atomic E-state index is 0.104. The maximum absolute atomic E-state index is 13.8. The molecule has 0 spiro atoms. The number of nitrogens with zero attached hydrogens (tertiary/aromatic N) is 1. The van der Waals surface area contributed by atoms with E-state index in [1.807, 2.05) is 29.6 Å². The van der Waals surface area contributed by atoms with Crippen molar-refractivity contribution in [2.45, 2.75) is 0 Å². The molecule has 4 rings (SSSR count). The maximum atomic E-state index is 13.8. The number of carbonyl (C=O) groups excluding carboxylic acids is 2. The van der Waals surface area contributed by atoms with E-state index >= 15 is 0 Å². The highest BCUT2D eigenvalue weighted by atomic mass is 35.5. The molecule has 2 N–H and O–H groups in total. The summed E-state index contributed by atoms with van der Waals surface area (Å²) in [6.45, 7) is 0. The second-order valence-electron chi connectivity index (χ2n) is 6.58. The van der Waals surface area contributed by atoms with Crippen molar-refractivity contribution < 1.29 is 18.7 Å². The molecule has 0 aliphatic carbocycles. The van der Waals surface area contributed by atoms with Gasteiger partial charge in [0.15, 0.2) is 0 Å². The zero-order valence-electron chi connectivity index (χ0n) is 16.2. The van der Waals surface area contributed by atoms with Gasteiger partial charge in [-0.3, -0.25) is 10.1 Å². The van der Waals surface area contributed by atoms with Crippen molar-refractivity contribution in [2.75, 3.05) is 5.32 Å². The van der Waals surface area contributed by atoms with Gasteiger partial charge >= 0.3 is 6.03 Å². The van der Waals surface area contributed by atoms with Crippen molar-refractivity contribution in [3.05, 3.63) is 94.4 Å². The predicted molar refractivity (Wildman–Crippen MR) is 121 cm³/mol. The minimum Gasteiger partial charge on any atom is -0.438 e. The molecule has 1 aromatic heterocycles. The summed E-state index contributed by atoms with van der Waals surface area (Å²) >= 11 is 12.1. The van der Waals surface area contributed by atoms with Crippen LogP contribution in [0.2, 0.25) is 10.0 Å². The van der Waals surface area contributed by atoms with E-state index in [4.69, 9.17) is 27.9 Å². The van der Waals surface area contributed by atoms with Crippen LogP contribution in [-0.4, -0.2) is 16.9 Å². The summed E-state index contributed by atoms with van der Waals surface area (Å²) < 4.78 is 19.7. The lowest BCUT2D eigenvalue weighted by molar-refractivity contribution is 0.0963. The molecular weight excluding hydrogens is 456 g/mol. The second-order valence-corrected chi connectivity index (χ2v) is 7.40. The number of carbonyl (C=O) groups is 2. The number of imide groups is 1. The average Bonchev–Trinajstić information content (AvgIpc) is 2.77. The van der Waals surface area contributed by atoms with Gasteiger partial charge in [-0.2, -0.15) is 0 Å². The SMILES string of the molecule is O=C(NC(=O)c1c(F)cccc1Cl)Nc1ccc(Oc2ccc(Cl)c3ccccc23)nc1. The van der Waals surface area contributed by atoms with Gasteiger partial charge in [0.2, 0.25) is 5.88 Å². The van der Waals surface area contributed by atoms with Gasteiger partial charge in [0, 0.05) is 21.9 Å². The Kier molecular flexibility index (Phi) is 6.20. The molecular formula is C23H14Cl2FN3O3. The number of anilines is 1. The summed E-state index contributed by atoms with van der Waals surface area (Å²) in [5.74, 6) is -0.935. The maximum Gasteiger partial charge on any atom is 0.326 e.